The first-order valence-electron chi connectivity index (χ1n) is 4.54. The molecule has 0 bridgehead atoms. The summed E-state index contributed by atoms with van der Waals surface area (Å²) in [4.78, 5) is 0. The van der Waals surface area contributed by atoms with Gasteiger partial charge in [0.15, 0.2) is 0 Å². The van der Waals surface area contributed by atoms with Crippen LogP contribution in [0.4, 0.5) is 0 Å². The van der Waals surface area contributed by atoms with E-state index in [2.05, 4.69) is 4.18 Å². The zero-order valence-corrected chi connectivity index (χ0v) is 11.7. The minimum Gasteiger partial charge on any atom is -0.267 e. The fraction of sp³-hybridized carbons (Fsp3) is 1.00. The highest BCUT2D eigenvalue weighted by atomic mass is 32.2. The van der Waals surface area contributed by atoms with Gasteiger partial charge in [0.1, 0.15) is 6.10 Å². The summed E-state index contributed by atoms with van der Waals surface area (Å²) in [6, 6.07) is 0. The van der Waals surface area contributed by atoms with Gasteiger partial charge in [-0.05, 0) is 5.41 Å². The van der Waals surface area contributed by atoms with E-state index in [1.807, 2.05) is 0 Å². The topological polar surface area (TPSA) is 86.7 Å². The van der Waals surface area contributed by atoms with Crippen LogP contribution in [0.15, 0.2) is 0 Å². The van der Waals surface area contributed by atoms with Crippen molar-refractivity contribution in [3.8, 4) is 0 Å². The fourth-order valence-corrected chi connectivity index (χ4v) is 1.96. The maximum absolute atomic E-state index is 11.0. The first kappa shape index (κ1) is 15.8. The predicted octanol–water partition coefficient (Wildman–Crippen LogP) is 0.354. The second-order valence-corrected chi connectivity index (χ2v) is 7.89. The largest absolute Gasteiger partial charge is 0.267 e. The summed E-state index contributed by atoms with van der Waals surface area (Å²) in [7, 11) is -7.26. The molecule has 98 valence electrons. The summed E-state index contributed by atoms with van der Waals surface area (Å²) < 4.78 is 52.9. The lowest BCUT2D eigenvalue weighted by atomic mass is 9.90. The summed E-state index contributed by atoms with van der Waals surface area (Å²) >= 11 is 0. The van der Waals surface area contributed by atoms with Crippen LogP contribution in [0.2, 0.25) is 0 Å². The highest BCUT2D eigenvalue weighted by molar-refractivity contribution is 7.86. The molecule has 0 rings (SSSR count). The number of hydrogen-bond donors (Lipinski definition) is 0. The fourth-order valence-electron chi connectivity index (χ4n) is 0.819. The molecule has 16 heavy (non-hydrogen) atoms. The predicted molar refractivity (Wildman–Crippen MR) is 60.0 cm³/mol. The van der Waals surface area contributed by atoms with Crippen molar-refractivity contribution >= 4 is 20.2 Å². The van der Waals surface area contributed by atoms with Crippen LogP contribution in [-0.4, -0.2) is 42.1 Å². The van der Waals surface area contributed by atoms with Crippen LogP contribution in [0, 0.1) is 5.41 Å². The van der Waals surface area contributed by atoms with Crippen LogP contribution in [0.5, 0.6) is 0 Å². The van der Waals surface area contributed by atoms with E-state index in [4.69, 9.17) is 4.18 Å². The zero-order valence-electron chi connectivity index (χ0n) is 10.1. The molecule has 0 aliphatic rings. The molecule has 0 radical (unpaired) electrons. The lowest BCUT2D eigenvalue weighted by Crippen LogP contribution is -2.36. The van der Waals surface area contributed by atoms with Crippen molar-refractivity contribution in [1.29, 1.82) is 0 Å². The van der Waals surface area contributed by atoms with Crippen LogP contribution >= 0.6 is 0 Å². The second-order valence-electron chi connectivity index (χ2n) is 4.64. The Hall–Kier alpha value is -0.180. The summed E-state index contributed by atoms with van der Waals surface area (Å²) in [5.74, 6) is 0. The van der Waals surface area contributed by atoms with Gasteiger partial charge in [-0.1, -0.05) is 20.8 Å². The van der Waals surface area contributed by atoms with Crippen molar-refractivity contribution in [1.82, 2.24) is 0 Å². The monoisotopic (exact) mass is 274 g/mol. The SMILES string of the molecule is CC(C)(C)C(COS(C)(=O)=O)OS(C)(=O)=O. The first-order valence-corrected chi connectivity index (χ1v) is 8.17. The summed E-state index contributed by atoms with van der Waals surface area (Å²) in [6.45, 7) is 4.87. The standard InChI is InChI=1S/C8H18O6S2/c1-8(2,3)7(14-16(5,11)12)6-13-15(4,9)10/h7H,6H2,1-5H3. The van der Waals surface area contributed by atoms with Crippen molar-refractivity contribution in [3.05, 3.63) is 0 Å². The highest BCUT2D eigenvalue weighted by Crippen LogP contribution is 2.24. The second kappa shape index (κ2) is 4.99. The lowest BCUT2D eigenvalue weighted by molar-refractivity contribution is 0.0506. The Balaban J connectivity index is 4.72. The Morgan fingerprint density at radius 3 is 1.69 bits per heavy atom. The van der Waals surface area contributed by atoms with Crippen LogP contribution in [0.1, 0.15) is 20.8 Å². The summed E-state index contributed by atoms with van der Waals surface area (Å²) in [6.07, 6.45) is 0.955. The van der Waals surface area contributed by atoms with Crippen molar-refractivity contribution in [3.63, 3.8) is 0 Å². The van der Waals surface area contributed by atoms with Gasteiger partial charge in [-0.3, -0.25) is 8.37 Å². The first-order chi connectivity index (χ1) is 6.81. The van der Waals surface area contributed by atoms with Gasteiger partial charge in [0.2, 0.25) is 0 Å². The molecule has 0 aromatic rings. The molecule has 0 N–H and O–H groups in total. The maximum Gasteiger partial charge on any atom is 0.264 e. The molecule has 0 saturated heterocycles. The van der Waals surface area contributed by atoms with Gasteiger partial charge < -0.3 is 0 Å². The van der Waals surface area contributed by atoms with Crippen LogP contribution < -0.4 is 0 Å². The third-order valence-corrected chi connectivity index (χ3v) is 2.84. The van der Waals surface area contributed by atoms with Gasteiger partial charge in [0.05, 0.1) is 19.1 Å². The van der Waals surface area contributed by atoms with Crippen LogP contribution in [0.3, 0.4) is 0 Å². The molecule has 1 unspecified atom stereocenters. The van der Waals surface area contributed by atoms with E-state index >= 15 is 0 Å². The van der Waals surface area contributed by atoms with E-state index in [0.29, 0.717) is 0 Å². The molecule has 0 aromatic heterocycles. The smallest absolute Gasteiger partial charge is 0.264 e. The Kier molecular flexibility index (Phi) is 4.93. The molecule has 0 aromatic carbocycles. The third kappa shape index (κ3) is 8.03. The van der Waals surface area contributed by atoms with E-state index in [0.717, 1.165) is 12.5 Å². The third-order valence-electron chi connectivity index (χ3n) is 1.69. The normalized spacial score (nSPS) is 16.1. The molecule has 8 heteroatoms. The minimum atomic E-state index is -3.65. The summed E-state index contributed by atoms with van der Waals surface area (Å²) in [5.41, 5.74) is -0.548. The Labute approximate surface area is 97.2 Å². The molecular formula is C8H18O6S2. The van der Waals surface area contributed by atoms with Gasteiger partial charge in [0.25, 0.3) is 20.2 Å². The molecule has 1 atom stereocenters. The van der Waals surface area contributed by atoms with E-state index in [9.17, 15) is 16.8 Å². The van der Waals surface area contributed by atoms with Gasteiger partial charge in [0, 0.05) is 0 Å². The molecule has 0 amide bonds. The van der Waals surface area contributed by atoms with E-state index < -0.39 is 31.8 Å². The quantitative estimate of drug-likeness (QED) is 0.672. The highest BCUT2D eigenvalue weighted by Gasteiger charge is 2.30. The Morgan fingerprint density at radius 2 is 1.44 bits per heavy atom. The van der Waals surface area contributed by atoms with E-state index in [1.165, 1.54) is 0 Å². The zero-order chi connectivity index (χ0) is 13.2. The Morgan fingerprint density at radius 1 is 1.00 bits per heavy atom. The van der Waals surface area contributed by atoms with Crippen molar-refractivity contribution < 1.29 is 25.2 Å². The number of hydrogen-bond acceptors (Lipinski definition) is 6. The molecule has 0 aliphatic heterocycles. The van der Waals surface area contributed by atoms with Crippen LogP contribution in [-0.2, 0) is 28.6 Å². The molecule has 0 saturated carbocycles. The molecule has 0 heterocycles. The molecule has 0 spiro atoms. The lowest BCUT2D eigenvalue weighted by Gasteiger charge is -2.28. The molecule has 0 aliphatic carbocycles. The summed E-state index contributed by atoms with van der Waals surface area (Å²) in [5, 5.41) is 0. The van der Waals surface area contributed by atoms with Crippen molar-refractivity contribution in [2.75, 3.05) is 19.1 Å². The Bertz CT molecular complexity index is 414. The van der Waals surface area contributed by atoms with Gasteiger partial charge >= 0.3 is 0 Å². The van der Waals surface area contributed by atoms with Gasteiger partial charge in [-0.15, -0.1) is 0 Å². The van der Waals surface area contributed by atoms with E-state index in [1.54, 1.807) is 20.8 Å². The minimum absolute atomic E-state index is 0.324. The molecule has 0 fully saturated rings. The van der Waals surface area contributed by atoms with Gasteiger partial charge in [-0.25, -0.2) is 0 Å². The van der Waals surface area contributed by atoms with Crippen LogP contribution in [0.25, 0.3) is 0 Å². The average Bonchev–Trinajstić information content (AvgIpc) is 1.91. The average molecular weight is 274 g/mol. The van der Waals surface area contributed by atoms with Gasteiger partial charge in [-0.2, -0.15) is 16.8 Å². The van der Waals surface area contributed by atoms with E-state index in [-0.39, 0.29) is 6.61 Å². The van der Waals surface area contributed by atoms with Crippen molar-refractivity contribution in [2.24, 2.45) is 5.41 Å². The van der Waals surface area contributed by atoms with Crippen molar-refractivity contribution in [2.45, 2.75) is 26.9 Å². The molecular weight excluding hydrogens is 256 g/mol. The number of rotatable bonds is 5. The maximum atomic E-state index is 11.0. The molecule has 6 nitrogen and oxygen atoms in total.